The monoisotopic (exact) mass is 467 g/mol. The fourth-order valence-electron chi connectivity index (χ4n) is 4.15. The van der Waals surface area contributed by atoms with Crippen molar-refractivity contribution >= 4 is 33.0 Å². The summed E-state index contributed by atoms with van der Waals surface area (Å²) < 4.78 is 65.6. The summed E-state index contributed by atoms with van der Waals surface area (Å²) in [4.78, 5) is 14.9. The van der Waals surface area contributed by atoms with Gasteiger partial charge in [0.1, 0.15) is 0 Å². The maximum atomic E-state index is 13.3. The highest BCUT2D eigenvalue weighted by Crippen LogP contribution is 2.36. The first-order valence-electron chi connectivity index (χ1n) is 10.5. The molecule has 1 amide bonds. The topological polar surface area (TPSA) is 69.7 Å². The summed E-state index contributed by atoms with van der Waals surface area (Å²) in [5, 5.41) is 2.63. The number of piperidine rings is 1. The van der Waals surface area contributed by atoms with Crippen LogP contribution in [-0.2, 0) is 16.2 Å². The molecule has 10 heteroatoms. The fraction of sp³-hybridized carbons (Fsp3) is 0.409. The van der Waals surface area contributed by atoms with Gasteiger partial charge in [-0.25, -0.2) is 8.42 Å². The first-order valence-corrected chi connectivity index (χ1v) is 12.1. The molecule has 0 bridgehead atoms. The van der Waals surface area contributed by atoms with Gasteiger partial charge >= 0.3 is 6.18 Å². The van der Waals surface area contributed by atoms with Gasteiger partial charge in [-0.1, -0.05) is 6.07 Å². The summed E-state index contributed by atoms with van der Waals surface area (Å²) >= 11 is 0. The molecule has 2 heterocycles. The Morgan fingerprint density at radius 1 is 0.938 bits per heavy atom. The highest BCUT2D eigenvalue weighted by molar-refractivity contribution is 7.93. The number of alkyl halides is 3. The van der Waals surface area contributed by atoms with Crippen molar-refractivity contribution in [2.24, 2.45) is 0 Å². The van der Waals surface area contributed by atoms with Crippen molar-refractivity contribution < 1.29 is 26.4 Å². The van der Waals surface area contributed by atoms with Crippen LogP contribution < -0.4 is 14.5 Å². The van der Waals surface area contributed by atoms with Crippen LogP contribution >= 0.6 is 0 Å². The maximum Gasteiger partial charge on any atom is 0.416 e. The number of hydrogen-bond acceptors (Lipinski definition) is 4. The van der Waals surface area contributed by atoms with E-state index in [2.05, 4.69) is 5.32 Å². The molecule has 2 aromatic carbocycles. The van der Waals surface area contributed by atoms with E-state index in [-0.39, 0.29) is 17.0 Å². The zero-order valence-electron chi connectivity index (χ0n) is 17.4. The second-order valence-corrected chi connectivity index (χ2v) is 10.0. The molecule has 172 valence electrons. The average Bonchev–Trinajstić information content (AvgIpc) is 3.12. The van der Waals surface area contributed by atoms with E-state index in [0.717, 1.165) is 31.4 Å². The van der Waals surface area contributed by atoms with Crippen molar-refractivity contribution in [3.8, 4) is 0 Å². The van der Waals surface area contributed by atoms with Crippen molar-refractivity contribution in [1.82, 2.24) is 0 Å². The minimum atomic E-state index is -4.54. The molecular formula is C22H24F3N3O3S. The molecular weight excluding hydrogens is 443 g/mol. The molecule has 0 spiro atoms. The second-order valence-electron chi connectivity index (χ2n) is 8.02. The maximum absolute atomic E-state index is 13.3. The molecule has 0 atom stereocenters. The van der Waals surface area contributed by atoms with Crippen LogP contribution in [0, 0.1) is 0 Å². The first kappa shape index (κ1) is 22.4. The molecule has 6 nitrogen and oxygen atoms in total. The Morgan fingerprint density at radius 3 is 2.34 bits per heavy atom. The lowest BCUT2D eigenvalue weighted by Gasteiger charge is -2.31. The molecule has 0 saturated carbocycles. The molecule has 0 radical (unpaired) electrons. The van der Waals surface area contributed by atoms with Gasteiger partial charge in [0.25, 0.3) is 5.91 Å². The Balaban J connectivity index is 1.64. The van der Waals surface area contributed by atoms with Crippen molar-refractivity contribution in [3.63, 3.8) is 0 Å². The molecule has 0 aliphatic carbocycles. The standard InChI is InChI=1S/C22H24F3N3O3S/c23-22(24,25)17-8-9-20(27-10-2-1-3-11-27)19(15-17)26-21(29)16-6-4-7-18(14-16)28-12-5-13-32(28,30)31/h4,6-9,14-15H,1-3,5,10-13H2,(H,26,29). The third-order valence-electron chi connectivity index (χ3n) is 5.76. The summed E-state index contributed by atoms with van der Waals surface area (Å²) in [5.74, 6) is -0.548. The first-order chi connectivity index (χ1) is 15.1. The second kappa shape index (κ2) is 8.65. The minimum Gasteiger partial charge on any atom is -0.370 e. The quantitative estimate of drug-likeness (QED) is 0.720. The van der Waals surface area contributed by atoms with Crippen LogP contribution in [0.25, 0.3) is 0 Å². The Kier molecular flexibility index (Phi) is 6.07. The highest BCUT2D eigenvalue weighted by Gasteiger charge is 2.32. The van der Waals surface area contributed by atoms with Crippen molar-refractivity contribution in [1.29, 1.82) is 0 Å². The van der Waals surface area contributed by atoms with E-state index in [1.807, 2.05) is 4.90 Å². The van der Waals surface area contributed by atoms with Crippen molar-refractivity contribution in [2.75, 3.05) is 39.9 Å². The van der Waals surface area contributed by atoms with E-state index < -0.39 is 27.7 Å². The van der Waals surface area contributed by atoms with Crippen LogP contribution in [0.5, 0.6) is 0 Å². The predicted molar refractivity (Wildman–Crippen MR) is 118 cm³/mol. The fourth-order valence-corrected chi connectivity index (χ4v) is 5.71. The van der Waals surface area contributed by atoms with E-state index >= 15 is 0 Å². The molecule has 2 aromatic rings. The van der Waals surface area contributed by atoms with Crippen LogP contribution in [0.15, 0.2) is 42.5 Å². The third-order valence-corrected chi connectivity index (χ3v) is 7.63. The molecule has 4 rings (SSSR count). The zero-order valence-corrected chi connectivity index (χ0v) is 18.2. The molecule has 0 aromatic heterocycles. The van der Waals surface area contributed by atoms with Crippen LogP contribution in [-0.4, -0.2) is 39.7 Å². The van der Waals surface area contributed by atoms with Crippen molar-refractivity contribution in [2.45, 2.75) is 31.9 Å². The lowest BCUT2D eigenvalue weighted by Crippen LogP contribution is -2.30. The number of nitrogens with zero attached hydrogens (tertiary/aromatic N) is 2. The van der Waals surface area contributed by atoms with Crippen LogP contribution in [0.2, 0.25) is 0 Å². The Hall–Kier alpha value is -2.75. The van der Waals surface area contributed by atoms with E-state index in [1.165, 1.54) is 22.5 Å². The number of rotatable bonds is 4. The van der Waals surface area contributed by atoms with Crippen LogP contribution in [0.4, 0.5) is 30.2 Å². The molecule has 2 saturated heterocycles. The SMILES string of the molecule is O=C(Nc1cc(C(F)(F)F)ccc1N1CCCCC1)c1cccc(N2CCCS2(=O)=O)c1. The molecule has 1 N–H and O–H groups in total. The number of carbonyl (C=O) groups is 1. The van der Waals surface area contributed by atoms with Gasteiger partial charge < -0.3 is 10.2 Å². The van der Waals surface area contributed by atoms with E-state index in [0.29, 0.717) is 37.4 Å². The number of carbonyl (C=O) groups excluding carboxylic acids is 1. The average molecular weight is 468 g/mol. The van der Waals surface area contributed by atoms with Crippen LogP contribution in [0.3, 0.4) is 0 Å². The van der Waals surface area contributed by atoms with Gasteiger partial charge in [-0.05, 0) is 62.1 Å². The molecule has 0 unspecified atom stereocenters. The summed E-state index contributed by atoms with van der Waals surface area (Å²) in [6.07, 6.45) is -1.11. The Bertz CT molecular complexity index is 1110. The van der Waals surface area contributed by atoms with Crippen molar-refractivity contribution in [3.05, 3.63) is 53.6 Å². The smallest absolute Gasteiger partial charge is 0.370 e. The summed E-state index contributed by atoms with van der Waals surface area (Å²) in [5.41, 5.74) is 0.336. The number of amides is 1. The number of anilines is 3. The summed E-state index contributed by atoms with van der Waals surface area (Å²) in [7, 11) is -3.41. The van der Waals surface area contributed by atoms with Gasteiger partial charge in [0, 0.05) is 25.2 Å². The van der Waals surface area contributed by atoms with Gasteiger partial charge in [-0.15, -0.1) is 0 Å². The number of halogens is 3. The largest absolute Gasteiger partial charge is 0.416 e. The number of nitrogens with one attached hydrogen (secondary N) is 1. The van der Waals surface area contributed by atoms with Gasteiger partial charge in [0.05, 0.1) is 28.4 Å². The molecule has 2 aliphatic heterocycles. The van der Waals surface area contributed by atoms with Gasteiger partial charge in [-0.3, -0.25) is 9.10 Å². The normalized spacial score (nSPS) is 18.6. The zero-order chi connectivity index (χ0) is 22.9. The number of sulfonamides is 1. The highest BCUT2D eigenvalue weighted by atomic mass is 32.2. The molecule has 32 heavy (non-hydrogen) atoms. The Morgan fingerprint density at radius 2 is 1.69 bits per heavy atom. The molecule has 2 fully saturated rings. The molecule has 2 aliphatic rings. The van der Waals surface area contributed by atoms with E-state index in [9.17, 15) is 26.4 Å². The minimum absolute atomic E-state index is 0.0485. The van der Waals surface area contributed by atoms with Gasteiger partial charge in [-0.2, -0.15) is 13.2 Å². The lowest BCUT2D eigenvalue weighted by molar-refractivity contribution is -0.137. The van der Waals surface area contributed by atoms with Crippen LogP contribution in [0.1, 0.15) is 41.6 Å². The lowest BCUT2D eigenvalue weighted by atomic mass is 10.1. The predicted octanol–water partition coefficient (Wildman–Crippen LogP) is 4.49. The summed E-state index contributed by atoms with van der Waals surface area (Å²) in [6.45, 7) is 1.74. The van der Waals surface area contributed by atoms with Gasteiger partial charge in [0.15, 0.2) is 0 Å². The van der Waals surface area contributed by atoms with Gasteiger partial charge in [0.2, 0.25) is 10.0 Å². The Labute approximate surface area is 185 Å². The third kappa shape index (κ3) is 4.69. The summed E-state index contributed by atoms with van der Waals surface area (Å²) in [6, 6.07) is 9.51. The number of hydrogen-bond donors (Lipinski definition) is 1. The van der Waals surface area contributed by atoms with E-state index in [1.54, 1.807) is 12.1 Å². The van der Waals surface area contributed by atoms with E-state index in [4.69, 9.17) is 0 Å². The number of benzene rings is 2.